The fourth-order valence-electron chi connectivity index (χ4n) is 3.79. The SMILES string of the molecule is CCN(CC)C(=O)N1CCN(c2ncc(-c3cccc(CN(C)C(=O)CN)c3)cn2)CC1. The third kappa shape index (κ3) is 5.53. The van der Waals surface area contributed by atoms with Crippen molar-refractivity contribution in [1.29, 1.82) is 0 Å². The van der Waals surface area contributed by atoms with Crippen LogP contribution in [-0.4, -0.2) is 89.5 Å². The summed E-state index contributed by atoms with van der Waals surface area (Å²) in [4.78, 5) is 40.9. The second-order valence-electron chi connectivity index (χ2n) is 7.86. The molecule has 172 valence electrons. The first kappa shape index (κ1) is 23.5. The van der Waals surface area contributed by atoms with Crippen LogP contribution in [0.15, 0.2) is 36.7 Å². The van der Waals surface area contributed by atoms with Crippen molar-refractivity contribution in [3.8, 4) is 11.1 Å². The van der Waals surface area contributed by atoms with E-state index < -0.39 is 0 Å². The Balaban J connectivity index is 1.62. The summed E-state index contributed by atoms with van der Waals surface area (Å²) in [5.41, 5.74) is 8.37. The Morgan fingerprint density at radius 2 is 1.69 bits per heavy atom. The molecule has 9 heteroatoms. The minimum Gasteiger partial charge on any atom is -0.340 e. The Labute approximate surface area is 189 Å². The summed E-state index contributed by atoms with van der Waals surface area (Å²) in [6.45, 7) is 8.70. The molecule has 32 heavy (non-hydrogen) atoms. The van der Waals surface area contributed by atoms with Gasteiger partial charge >= 0.3 is 6.03 Å². The van der Waals surface area contributed by atoms with E-state index >= 15 is 0 Å². The van der Waals surface area contributed by atoms with Gasteiger partial charge in [-0.15, -0.1) is 0 Å². The predicted octanol–water partition coefficient (Wildman–Crippen LogP) is 1.64. The average molecular weight is 440 g/mol. The van der Waals surface area contributed by atoms with Crippen LogP contribution < -0.4 is 10.6 Å². The number of carbonyl (C=O) groups is 2. The standard InChI is InChI=1S/C23H33N7O2/c1-4-28(5-2)23(32)30-11-9-29(10-12-30)22-25-15-20(16-26-22)19-8-6-7-18(13-19)17-27(3)21(31)14-24/h6-8,13,15-16H,4-5,9-12,14,17,24H2,1-3H3. The summed E-state index contributed by atoms with van der Waals surface area (Å²) in [6.07, 6.45) is 3.65. The summed E-state index contributed by atoms with van der Waals surface area (Å²) in [6, 6.07) is 8.09. The lowest BCUT2D eigenvalue weighted by molar-refractivity contribution is -0.128. The van der Waals surface area contributed by atoms with Crippen LogP contribution in [0.1, 0.15) is 19.4 Å². The van der Waals surface area contributed by atoms with Gasteiger partial charge in [0.15, 0.2) is 0 Å². The van der Waals surface area contributed by atoms with Gasteiger partial charge in [-0.25, -0.2) is 14.8 Å². The van der Waals surface area contributed by atoms with Gasteiger partial charge in [-0.1, -0.05) is 18.2 Å². The third-order valence-corrected chi connectivity index (χ3v) is 5.79. The van der Waals surface area contributed by atoms with Gasteiger partial charge in [-0.2, -0.15) is 0 Å². The predicted molar refractivity (Wildman–Crippen MR) is 125 cm³/mol. The highest BCUT2D eigenvalue weighted by molar-refractivity contribution is 5.77. The number of piperazine rings is 1. The van der Waals surface area contributed by atoms with E-state index in [2.05, 4.69) is 14.9 Å². The number of carbonyl (C=O) groups excluding carboxylic acids is 2. The van der Waals surface area contributed by atoms with E-state index in [1.807, 2.05) is 60.3 Å². The highest BCUT2D eigenvalue weighted by Gasteiger charge is 2.25. The summed E-state index contributed by atoms with van der Waals surface area (Å²) in [5, 5.41) is 0. The quantitative estimate of drug-likeness (QED) is 0.704. The van der Waals surface area contributed by atoms with Crippen LogP contribution in [-0.2, 0) is 11.3 Å². The van der Waals surface area contributed by atoms with Crippen molar-refractivity contribution < 1.29 is 9.59 Å². The van der Waals surface area contributed by atoms with Gasteiger partial charge in [0.1, 0.15) is 0 Å². The van der Waals surface area contributed by atoms with E-state index in [1.54, 1.807) is 11.9 Å². The molecule has 2 aromatic rings. The van der Waals surface area contributed by atoms with Crippen molar-refractivity contribution in [2.45, 2.75) is 20.4 Å². The van der Waals surface area contributed by atoms with Crippen LogP contribution in [0.25, 0.3) is 11.1 Å². The van der Waals surface area contributed by atoms with Gasteiger partial charge in [0.2, 0.25) is 11.9 Å². The van der Waals surface area contributed by atoms with E-state index in [-0.39, 0.29) is 18.5 Å². The van der Waals surface area contributed by atoms with E-state index in [1.165, 1.54) is 0 Å². The topological polar surface area (TPSA) is 98.9 Å². The van der Waals surface area contributed by atoms with Crippen molar-refractivity contribution in [3.63, 3.8) is 0 Å². The van der Waals surface area contributed by atoms with Gasteiger partial charge in [-0.3, -0.25) is 4.79 Å². The maximum absolute atomic E-state index is 12.5. The molecule has 3 amide bonds. The lowest BCUT2D eigenvalue weighted by Crippen LogP contribution is -2.53. The van der Waals surface area contributed by atoms with Crippen LogP contribution in [0, 0.1) is 0 Å². The molecule has 0 saturated carbocycles. The smallest absolute Gasteiger partial charge is 0.320 e. The van der Waals surface area contributed by atoms with Crippen LogP contribution in [0.3, 0.4) is 0 Å². The molecule has 0 atom stereocenters. The zero-order valence-corrected chi connectivity index (χ0v) is 19.2. The van der Waals surface area contributed by atoms with Gasteiger partial charge in [-0.05, 0) is 31.0 Å². The Kier molecular flexibility index (Phi) is 7.99. The summed E-state index contributed by atoms with van der Waals surface area (Å²) in [5.74, 6) is 0.579. The minimum absolute atomic E-state index is 0.00335. The molecule has 9 nitrogen and oxygen atoms in total. The number of aromatic nitrogens is 2. The van der Waals surface area contributed by atoms with Crippen LogP contribution in [0.5, 0.6) is 0 Å². The first-order chi connectivity index (χ1) is 15.5. The highest BCUT2D eigenvalue weighted by Crippen LogP contribution is 2.21. The van der Waals surface area contributed by atoms with E-state index in [4.69, 9.17) is 5.73 Å². The maximum atomic E-state index is 12.5. The van der Waals surface area contributed by atoms with Crippen molar-refractivity contribution in [2.24, 2.45) is 5.73 Å². The van der Waals surface area contributed by atoms with Crippen molar-refractivity contribution in [2.75, 3.05) is 57.8 Å². The Morgan fingerprint density at radius 3 is 2.28 bits per heavy atom. The molecule has 2 heterocycles. The Bertz CT molecular complexity index is 907. The number of nitrogens with zero attached hydrogens (tertiary/aromatic N) is 6. The molecule has 1 aliphatic rings. The molecule has 1 aromatic carbocycles. The molecule has 0 aliphatic carbocycles. The Morgan fingerprint density at radius 1 is 1.03 bits per heavy atom. The molecule has 0 unspecified atom stereocenters. The van der Waals surface area contributed by atoms with E-state index in [0.29, 0.717) is 38.7 Å². The zero-order chi connectivity index (χ0) is 23.1. The number of rotatable bonds is 7. The monoisotopic (exact) mass is 439 g/mol. The van der Waals surface area contributed by atoms with Gasteiger partial charge in [0, 0.05) is 70.8 Å². The Hall–Kier alpha value is -3.20. The number of urea groups is 1. The largest absolute Gasteiger partial charge is 0.340 e. The fraction of sp³-hybridized carbons (Fsp3) is 0.478. The molecule has 1 aromatic heterocycles. The fourth-order valence-corrected chi connectivity index (χ4v) is 3.79. The van der Waals surface area contributed by atoms with E-state index in [0.717, 1.165) is 29.8 Å². The molecule has 3 rings (SSSR count). The number of hydrogen-bond donors (Lipinski definition) is 1. The highest BCUT2D eigenvalue weighted by atomic mass is 16.2. The molecule has 0 radical (unpaired) electrons. The molecule has 1 fully saturated rings. The number of likely N-dealkylation sites (N-methyl/N-ethyl adjacent to an activating group) is 1. The van der Waals surface area contributed by atoms with Gasteiger partial charge in [0.25, 0.3) is 0 Å². The summed E-state index contributed by atoms with van der Waals surface area (Å²) < 4.78 is 0. The number of amides is 3. The summed E-state index contributed by atoms with van der Waals surface area (Å²) in [7, 11) is 1.75. The number of anilines is 1. The number of benzene rings is 1. The first-order valence-electron chi connectivity index (χ1n) is 11.1. The van der Waals surface area contributed by atoms with Crippen molar-refractivity contribution in [3.05, 3.63) is 42.2 Å². The first-order valence-corrected chi connectivity index (χ1v) is 11.1. The molecular formula is C23H33N7O2. The van der Waals surface area contributed by atoms with E-state index in [9.17, 15) is 9.59 Å². The minimum atomic E-state index is -0.0954. The number of hydrogen-bond acceptors (Lipinski definition) is 6. The molecule has 2 N–H and O–H groups in total. The number of nitrogens with two attached hydrogens (primary N) is 1. The zero-order valence-electron chi connectivity index (χ0n) is 19.2. The van der Waals surface area contributed by atoms with Crippen LogP contribution in [0.2, 0.25) is 0 Å². The molecular weight excluding hydrogens is 406 g/mol. The molecule has 0 spiro atoms. The maximum Gasteiger partial charge on any atom is 0.320 e. The van der Waals surface area contributed by atoms with Crippen LogP contribution in [0.4, 0.5) is 10.7 Å². The third-order valence-electron chi connectivity index (χ3n) is 5.79. The lowest BCUT2D eigenvalue weighted by atomic mass is 10.1. The summed E-state index contributed by atoms with van der Waals surface area (Å²) >= 11 is 0. The molecule has 1 aliphatic heterocycles. The average Bonchev–Trinajstić information content (AvgIpc) is 2.84. The normalized spacial score (nSPS) is 13.8. The molecule has 1 saturated heterocycles. The van der Waals surface area contributed by atoms with Gasteiger partial charge < -0.3 is 25.3 Å². The van der Waals surface area contributed by atoms with Crippen LogP contribution >= 0.6 is 0 Å². The second kappa shape index (κ2) is 10.9. The second-order valence-corrected chi connectivity index (χ2v) is 7.86. The van der Waals surface area contributed by atoms with Crippen molar-refractivity contribution >= 4 is 17.9 Å². The lowest BCUT2D eigenvalue weighted by Gasteiger charge is -2.37. The molecule has 0 bridgehead atoms. The van der Waals surface area contributed by atoms with Gasteiger partial charge in [0.05, 0.1) is 6.54 Å². The van der Waals surface area contributed by atoms with Crippen molar-refractivity contribution in [1.82, 2.24) is 24.7 Å².